The summed E-state index contributed by atoms with van der Waals surface area (Å²) in [5, 5.41) is 10.5. The molecule has 0 unspecified atom stereocenters. The average Bonchev–Trinajstić information content (AvgIpc) is 2.96. The van der Waals surface area contributed by atoms with E-state index >= 15 is 0 Å². The van der Waals surface area contributed by atoms with Crippen LogP contribution in [0.4, 0.5) is 0 Å². The molecule has 4 aromatic carbocycles. The van der Waals surface area contributed by atoms with Crippen LogP contribution in [-0.2, 0) is 35.5 Å². The second-order valence-corrected chi connectivity index (χ2v) is 12.1. The molecule has 4 aromatic rings. The van der Waals surface area contributed by atoms with Crippen molar-refractivity contribution in [3.05, 3.63) is 105 Å². The average molecular weight is 600 g/mol. The minimum absolute atomic E-state index is 0.0373. The lowest BCUT2D eigenvalue weighted by Crippen LogP contribution is -2.34. The molecule has 5 nitrogen and oxygen atoms in total. The number of ketones is 1. The number of hydrogen-bond acceptors (Lipinski definition) is 4. The van der Waals surface area contributed by atoms with Crippen LogP contribution in [0.2, 0.25) is 10.0 Å². The number of benzene rings is 4. The van der Waals surface area contributed by atoms with Gasteiger partial charge in [-0.2, -0.15) is 0 Å². The maximum atomic E-state index is 11.7. The van der Waals surface area contributed by atoms with E-state index in [4.69, 9.17) is 23.2 Å². The van der Waals surface area contributed by atoms with Crippen LogP contribution in [0.5, 0.6) is 0 Å². The lowest BCUT2D eigenvalue weighted by molar-refractivity contribution is -0.138. The number of carbonyl (C=O) groups is 2. The summed E-state index contributed by atoms with van der Waals surface area (Å²) < 4.78 is 0. The van der Waals surface area contributed by atoms with E-state index < -0.39 is 5.97 Å². The predicted molar refractivity (Wildman–Crippen MR) is 169 cm³/mol. The Balaban J connectivity index is 1.33. The van der Waals surface area contributed by atoms with E-state index in [2.05, 4.69) is 41.3 Å². The smallest absolute Gasteiger partial charge is 0.317 e. The fourth-order valence-electron chi connectivity index (χ4n) is 6.27. The molecule has 0 saturated carbocycles. The molecule has 0 spiro atoms. The molecule has 0 fully saturated rings. The van der Waals surface area contributed by atoms with Crippen LogP contribution in [0.3, 0.4) is 0 Å². The Hall–Kier alpha value is -3.48. The third kappa shape index (κ3) is 5.88. The van der Waals surface area contributed by atoms with Crippen molar-refractivity contribution in [2.45, 2.75) is 32.9 Å². The van der Waals surface area contributed by atoms with Gasteiger partial charge in [-0.1, -0.05) is 83.9 Å². The Morgan fingerprint density at radius 1 is 0.667 bits per heavy atom. The zero-order valence-corrected chi connectivity index (χ0v) is 25.0. The number of carboxylic acid groups (broad SMARTS) is 1. The second kappa shape index (κ2) is 12.0. The SMILES string of the molecule is CC(=O)CN1CCc2ccc(-c3cccc(-c4cccc(-c5ccc6c(c5)CN(CC(=O)O)CC6)c4Cl)c3Cl)cc2C1. The number of hydrogen-bond donors (Lipinski definition) is 1. The van der Waals surface area contributed by atoms with Crippen molar-refractivity contribution >= 4 is 35.0 Å². The van der Waals surface area contributed by atoms with Gasteiger partial charge in [0.15, 0.2) is 0 Å². The Morgan fingerprint density at radius 3 is 1.57 bits per heavy atom. The Morgan fingerprint density at radius 2 is 1.12 bits per heavy atom. The quantitative estimate of drug-likeness (QED) is 0.240. The molecule has 6 rings (SSSR count). The number of fused-ring (bicyclic) bond motifs is 2. The Labute approximate surface area is 256 Å². The van der Waals surface area contributed by atoms with E-state index in [1.807, 2.05) is 41.3 Å². The minimum Gasteiger partial charge on any atom is -0.480 e. The molecule has 7 heteroatoms. The summed E-state index contributed by atoms with van der Waals surface area (Å²) in [6.07, 6.45) is 1.76. The van der Waals surface area contributed by atoms with Gasteiger partial charge in [-0.25, -0.2) is 0 Å². The van der Waals surface area contributed by atoms with Crippen LogP contribution in [0.25, 0.3) is 33.4 Å². The summed E-state index contributed by atoms with van der Waals surface area (Å²) in [7, 11) is 0. The van der Waals surface area contributed by atoms with Crippen LogP contribution in [-0.4, -0.2) is 52.8 Å². The van der Waals surface area contributed by atoms with Crippen molar-refractivity contribution < 1.29 is 14.7 Å². The summed E-state index contributed by atoms with van der Waals surface area (Å²) in [5.41, 5.74) is 10.5. The van der Waals surface area contributed by atoms with E-state index in [1.54, 1.807) is 6.92 Å². The van der Waals surface area contributed by atoms with Crippen LogP contribution in [0.1, 0.15) is 29.2 Å². The van der Waals surface area contributed by atoms with Gasteiger partial charge in [-0.15, -0.1) is 0 Å². The third-order valence-electron chi connectivity index (χ3n) is 8.31. The topological polar surface area (TPSA) is 60.9 Å². The summed E-state index contributed by atoms with van der Waals surface area (Å²) in [4.78, 5) is 27.1. The van der Waals surface area contributed by atoms with Crippen LogP contribution < -0.4 is 0 Å². The highest BCUT2D eigenvalue weighted by Crippen LogP contribution is 2.43. The van der Waals surface area contributed by atoms with E-state index in [1.165, 1.54) is 16.7 Å². The molecular weight excluding hydrogens is 567 g/mol. The summed E-state index contributed by atoms with van der Waals surface area (Å²) >= 11 is 14.2. The zero-order valence-electron chi connectivity index (χ0n) is 23.5. The highest BCUT2D eigenvalue weighted by molar-refractivity contribution is 6.39. The molecule has 2 aliphatic heterocycles. The third-order valence-corrected chi connectivity index (χ3v) is 9.12. The van der Waals surface area contributed by atoms with Gasteiger partial charge < -0.3 is 5.11 Å². The van der Waals surface area contributed by atoms with Crippen molar-refractivity contribution in [1.82, 2.24) is 9.80 Å². The van der Waals surface area contributed by atoms with Crippen molar-refractivity contribution in [2.75, 3.05) is 26.2 Å². The van der Waals surface area contributed by atoms with E-state index in [9.17, 15) is 14.7 Å². The highest BCUT2D eigenvalue weighted by Gasteiger charge is 2.22. The number of Topliss-reactive ketones (excluding diaryl/α,β-unsaturated/α-hetero) is 1. The van der Waals surface area contributed by atoms with Gasteiger partial charge in [-0.3, -0.25) is 19.4 Å². The van der Waals surface area contributed by atoms with Gasteiger partial charge in [0, 0.05) is 48.4 Å². The second-order valence-electron chi connectivity index (χ2n) is 11.3. The normalized spacial score (nSPS) is 15.2. The molecule has 0 amide bonds. The molecule has 214 valence electrons. The van der Waals surface area contributed by atoms with Gasteiger partial charge in [-0.05, 0) is 65.3 Å². The monoisotopic (exact) mass is 598 g/mol. The predicted octanol–water partition coefficient (Wildman–Crippen LogP) is 7.38. The van der Waals surface area contributed by atoms with Crippen LogP contribution in [0.15, 0.2) is 72.8 Å². The first-order valence-corrected chi connectivity index (χ1v) is 15.0. The molecule has 2 aliphatic rings. The largest absolute Gasteiger partial charge is 0.480 e. The van der Waals surface area contributed by atoms with Gasteiger partial charge in [0.1, 0.15) is 5.78 Å². The van der Waals surface area contributed by atoms with E-state index in [0.29, 0.717) is 23.1 Å². The van der Waals surface area contributed by atoms with E-state index in [-0.39, 0.29) is 12.3 Å². The highest BCUT2D eigenvalue weighted by atomic mass is 35.5. The first-order chi connectivity index (χ1) is 20.3. The van der Waals surface area contributed by atoms with Crippen molar-refractivity contribution in [3.8, 4) is 33.4 Å². The molecule has 0 atom stereocenters. The minimum atomic E-state index is -0.810. The molecular formula is C35H32Cl2N2O3. The summed E-state index contributed by atoms with van der Waals surface area (Å²) in [6.45, 7) is 5.14. The molecule has 1 N–H and O–H groups in total. The molecule has 2 heterocycles. The van der Waals surface area contributed by atoms with Gasteiger partial charge >= 0.3 is 5.97 Å². The Kier molecular flexibility index (Phi) is 8.19. The number of aliphatic carboxylic acids is 1. The zero-order chi connectivity index (χ0) is 29.4. The van der Waals surface area contributed by atoms with Crippen LogP contribution >= 0.6 is 23.2 Å². The number of carboxylic acids is 1. The number of rotatable bonds is 7. The van der Waals surface area contributed by atoms with Crippen molar-refractivity contribution in [2.24, 2.45) is 0 Å². The molecule has 0 aromatic heterocycles. The fraction of sp³-hybridized carbons (Fsp3) is 0.257. The molecule has 0 saturated heterocycles. The number of halogens is 2. The van der Waals surface area contributed by atoms with Gasteiger partial charge in [0.2, 0.25) is 0 Å². The molecule has 42 heavy (non-hydrogen) atoms. The first kappa shape index (κ1) is 28.6. The maximum absolute atomic E-state index is 11.7. The molecule has 0 aliphatic carbocycles. The fourth-order valence-corrected chi connectivity index (χ4v) is 6.94. The first-order valence-electron chi connectivity index (χ1n) is 14.2. The Bertz CT molecular complexity index is 1580. The summed E-state index contributed by atoms with van der Waals surface area (Å²) in [5.74, 6) is -0.630. The van der Waals surface area contributed by atoms with E-state index in [0.717, 1.165) is 71.4 Å². The lowest BCUT2D eigenvalue weighted by atomic mass is 9.91. The molecule has 0 bridgehead atoms. The number of carbonyl (C=O) groups excluding carboxylic acids is 1. The van der Waals surface area contributed by atoms with Crippen molar-refractivity contribution in [1.29, 1.82) is 0 Å². The van der Waals surface area contributed by atoms with Gasteiger partial charge in [0.05, 0.1) is 23.1 Å². The molecule has 0 radical (unpaired) electrons. The number of nitrogens with zero attached hydrogens (tertiary/aromatic N) is 2. The lowest BCUT2D eigenvalue weighted by Gasteiger charge is -2.28. The summed E-state index contributed by atoms with van der Waals surface area (Å²) in [6, 6.07) is 24.9. The standard InChI is InChI=1S/C35H32Cl2N2O3/c1-22(40)18-38-14-12-23-8-10-25(16-27(23)19-38)29-4-2-6-31(34(29)36)32-7-3-5-30(35(32)37)26-11-9-24-13-15-39(21-33(41)42)20-28(24)17-26/h2-11,16-17H,12-15,18-21H2,1H3,(H,41,42). The maximum Gasteiger partial charge on any atom is 0.317 e. The van der Waals surface area contributed by atoms with Crippen molar-refractivity contribution in [3.63, 3.8) is 0 Å². The van der Waals surface area contributed by atoms with Gasteiger partial charge in [0.25, 0.3) is 0 Å². The van der Waals surface area contributed by atoms with Crippen LogP contribution in [0, 0.1) is 0 Å².